The first kappa shape index (κ1) is 28.9. The Morgan fingerprint density at radius 3 is 2.12 bits per heavy atom. The number of carboxylic acids is 1. The van der Waals surface area contributed by atoms with Gasteiger partial charge in [-0.1, -0.05) is 0 Å². The monoisotopic (exact) mass is 630 g/mol. The number of hydrazone groups is 1. The number of hydrogen-bond acceptors (Lipinski definition) is 13. The predicted molar refractivity (Wildman–Crippen MR) is 137 cm³/mol. The summed E-state index contributed by atoms with van der Waals surface area (Å²) in [4.78, 5) is 34.6. The third-order valence-corrected chi connectivity index (χ3v) is 6.97. The molecule has 0 bridgehead atoms. The molecule has 0 spiro atoms. The number of nitrogens with zero attached hydrogens (tertiary/aromatic N) is 7. The highest BCUT2D eigenvalue weighted by molar-refractivity contribution is 7.86. The molecule has 2 aromatic carbocycles. The molecule has 1 aliphatic rings. The van der Waals surface area contributed by atoms with Crippen LogP contribution in [0.15, 0.2) is 67.6 Å². The van der Waals surface area contributed by atoms with Crippen LogP contribution in [0.5, 0.6) is 0 Å². The highest BCUT2D eigenvalue weighted by Gasteiger charge is 2.41. The number of amides is 1. The van der Waals surface area contributed by atoms with Gasteiger partial charge < -0.3 is 10.4 Å². The largest absolute Gasteiger partial charge is 0.477 e. The number of carbonyl (C=O) groups excluding carboxylic acids is 1. The molecule has 0 radical (unpaired) electrons. The molecule has 3 aromatic rings. The van der Waals surface area contributed by atoms with Gasteiger partial charge in [0.05, 0.1) is 10.6 Å². The molecule has 1 aromatic heterocycles. The van der Waals surface area contributed by atoms with Gasteiger partial charge in [0.1, 0.15) is 10.6 Å². The summed E-state index contributed by atoms with van der Waals surface area (Å²) in [5, 5.41) is 23.3. The van der Waals surface area contributed by atoms with Crippen molar-refractivity contribution in [1.82, 2.24) is 15.0 Å². The molecule has 0 saturated heterocycles. The van der Waals surface area contributed by atoms with Crippen LogP contribution in [0.3, 0.4) is 0 Å². The van der Waals surface area contributed by atoms with E-state index < -0.39 is 59.3 Å². The lowest BCUT2D eigenvalue weighted by Gasteiger charge is -2.12. The first-order valence-corrected chi connectivity index (χ1v) is 13.9. The van der Waals surface area contributed by atoms with Gasteiger partial charge in [0.2, 0.25) is 22.6 Å². The smallest absolute Gasteiger partial charge is 0.355 e. The second-order valence-corrected chi connectivity index (χ2v) is 11.0. The van der Waals surface area contributed by atoms with Crippen molar-refractivity contribution in [3.8, 4) is 0 Å². The zero-order valence-corrected chi connectivity index (χ0v) is 22.3. The van der Waals surface area contributed by atoms with Crippen molar-refractivity contribution < 1.29 is 40.6 Å². The SMILES string of the molecule is O=C(O)C1=NN(c2ccc(S(=O)(=O)O)cc2)C(=O)[C@H]1N=Nc1cc(Nc2nc(Cl)nc(Cl)n2)ccc1S(=O)(=O)O. The van der Waals surface area contributed by atoms with Crippen LogP contribution >= 0.6 is 23.2 Å². The zero-order valence-electron chi connectivity index (χ0n) is 19.1. The fraction of sp³-hybridized carbons (Fsp3) is 0.0526. The van der Waals surface area contributed by atoms with E-state index in [4.69, 9.17) is 27.8 Å². The van der Waals surface area contributed by atoms with E-state index in [0.717, 1.165) is 36.4 Å². The van der Waals surface area contributed by atoms with Gasteiger partial charge in [-0.15, -0.1) is 0 Å². The first-order valence-electron chi connectivity index (χ1n) is 10.2. The van der Waals surface area contributed by atoms with Gasteiger partial charge in [0.15, 0.2) is 5.71 Å². The van der Waals surface area contributed by atoms with E-state index >= 15 is 0 Å². The van der Waals surface area contributed by atoms with Crippen molar-refractivity contribution in [3.63, 3.8) is 0 Å². The lowest BCUT2D eigenvalue weighted by atomic mass is 10.2. The molecule has 21 heteroatoms. The molecule has 1 amide bonds. The Balaban J connectivity index is 1.69. The Morgan fingerprint density at radius 2 is 1.57 bits per heavy atom. The average molecular weight is 631 g/mol. The van der Waals surface area contributed by atoms with Gasteiger partial charge in [-0.05, 0) is 65.7 Å². The first-order chi connectivity index (χ1) is 18.6. The number of azo groups is 1. The van der Waals surface area contributed by atoms with Gasteiger partial charge in [-0.2, -0.15) is 52.1 Å². The maximum atomic E-state index is 13.0. The van der Waals surface area contributed by atoms with Gasteiger partial charge >= 0.3 is 5.97 Å². The number of rotatable bonds is 8. The van der Waals surface area contributed by atoms with Crippen molar-refractivity contribution in [2.24, 2.45) is 15.3 Å². The Kier molecular flexibility index (Phi) is 7.78. The summed E-state index contributed by atoms with van der Waals surface area (Å²) in [6.07, 6.45) is 0. The fourth-order valence-corrected chi connectivity index (χ4v) is 4.62. The third kappa shape index (κ3) is 6.35. The topological polar surface area (TPSA) is 254 Å². The molecule has 0 unspecified atom stereocenters. The summed E-state index contributed by atoms with van der Waals surface area (Å²) in [5.41, 5.74) is -1.31. The lowest BCUT2D eigenvalue weighted by Crippen LogP contribution is -2.33. The van der Waals surface area contributed by atoms with Gasteiger partial charge in [0.25, 0.3) is 26.1 Å². The predicted octanol–water partition coefficient (Wildman–Crippen LogP) is 2.36. The van der Waals surface area contributed by atoms with E-state index in [9.17, 15) is 36.1 Å². The van der Waals surface area contributed by atoms with Crippen LogP contribution in [0.25, 0.3) is 0 Å². The zero-order chi connectivity index (χ0) is 29.4. The van der Waals surface area contributed by atoms with E-state index in [1.54, 1.807) is 0 Å². The third-order valence-electron chi connectivity index (χ3n) is 4.86. The molecular formula is C19H12Cl2N8O9S2. The van der Waals surface area contributed by atoms with Crippen molar-refractivity contribution in [3.05, 3.63) is 53.0 Å². The Hall–Kier alpha value is -4.14. The van der Waals surface area contributed by atoms with E-state index in [1.807, 2.05) is 0 Å². The molecule has 4 N–H and O–H groups in total. The molecule has 208 valence electrons. The van der Waals surface area contributed by atoms with Crippen LogP contribution in [0.1, 0.15) is 0 Å². The van der Waals surface area contributed by atoms with Crippen molar-refractivity contribution in [1.29, 1.82) is 0 Å². The lowest BCUT2D eigenvalue weighted by molar-refractivity contribution is -0.130. The maximum Gasteiger partial charge on any atom is 0.355 e. The average Bonchev–Trinajstić information content (AvgIpc) is 3.17. The van der Waals surface area contributed by atoms with E-state index in [1.165, 1.54) is 6.07 Å². The number of carboxylic acid groups (broad SMARTS) is 1. The van der Waals surface area contributed by atoms with Crippen LogP contribution in [-0.2, 0) is 29.8 Å². The second-order valence-electron chi connectivity index (χ2n) is 7.51. The summed E-state index contributed by atoms with van der Waals surface area (Å²) in [6.45, 7) is 0. The molecule has 1 aliphatic heterocycles. The Labute approximate surface area is 233 Å². The molecule has 2 heterocycles. The molecule has 0 fully saturated rings. The van der Waals surface area contributed by atoms with Crippen LogP contribution < -0.4 is 10.3 Å². The molecule has 0 saturated carbocycles. The number of halogens is 2. The van der Waals surface area contributed by atoms with Crippen molar-refractivity contribution >= 4 is 84.0 Å². The van der Waals surface area contributed by atoms with Crippen LogP contribution in [0.4, 0.5) is 23.0 Å². The molecule has 40 heavy (non-hydrogen) atoms. The minimum absolute atomic E-state index is 0.0756. The fourth-order valence-electron chi connectivity index (χ4n) is 3.17. The van der Waals surface area contributed by atoms with Crippen LogP contribution in [0.2, 0.25) is 10.6 Å². The number of benzene rings is 2. The number of nitrogens with one attached hydrogen (secondary N) is 1. The Morgan fingerprint density at radius 1 is 0.950 bits per heavy atom. The van der Waals surface area contributed by atoms with Gasteiger partial charge in [-0.25, -0.2) is 4.79 Å². The number of aliphatic carboxylic acids is 1. The molecule has 4 rings (SSSR count). The van der Waals surface area contributed by atoms with E-state index in [-0.39, 0.29) is 27.9 Å². The minimum Gasteiger partial charge on any atom is -0.477 e. The molecule has 17 nitrogen and oxygen atoms in total. The molecule has 1 atom stereocenters. The number of aromatic nitrogens is 3. The Bertz CT molecular complexity index is 1800. The van der Waals surface area contributed by atoms with Gasteiger partial charge in [0, 0.05) is 5.69 Å². The van der Waals surface area contributed by atoms with Crippen LogP contribution in [-0.4, -0.2) is 69.6 Å². The van der Waals surface area contributed by atoms with E-state index in [0.29, 0.717) is 5.01 Å². The van der Waals surface area contributed by atoms with Crippen LogP contribution in [0, 0.1) is 0 Å². The summed E-state index contributed by atoms with van der Waals surface area (Å²) in [7, 11) is -9.41. The second kappa shape index (κ2) is 10.8. The highest BCUT2D eigenvalue weighted by Crippen LogP contribution is 2.31. The maximum absolute atomic E-state index is 13.0. The normalized spacial score (nSPS) is 15.9. The summed E-state index contributed by atoms with van der Waals surface area (Å²) in [5.74, 6) is -2.85. The summed E-state index contributed by atoms with van der Waals surface area (Å²) < 4.78 is 65.0. The molecular weight excluding hydrogens is 619 g/mol. The van der Waals surface area contributed by atoms with Gasteiger partial charge in [-0.3, -0.25) is 13.9 Å². The number of carbonyl (C=O) groups is 2. The van der Waals surface area contributed by atoms with Crippen molar-refractivity contribution in [2.75, 3.05) is 10.3 Å². The quantitative estimate of drug-likeness (QED) is 0.206. The number of hydrogen-bond donors (Lipinski definition) is 4. The standard InChI is InChI=1S/C19H12Cl2N8O9S2/c20-17-23-18(21)25-19(24-17)22-8-1-6-12(40(36,37)38)11(7-8)26-27-13-14(16(31)32)28-29(15(13)30)9-2-4-10(5-3-9)39(33,34)35/h1-7,13H,(H,31,32)(H,33,34,35)(H,36,37,38)(H,22,23,24,25)/t13-/m0/s1. The highest BCUT2D eigenvalue weighted by atomic mass is 35.5. The van der Waals surface area contributed by atoms with E-state index in [2.05, 4.69) is 35.6 Å². The summed E-state index contributed by atoms with van der Waals surface area (Å²) in [6, 6.07) is 5.37. The van der Waals surface area contributed by atoms with Crippen molar-refractivity contribution in [2.45, 2.75) is 15.8 Å². The number of anilines is 3. The summed E-state index contributed by atoms with van der Waals surface area (Å²) >= 11 is 11.5. The minimum atomic E-state index is -4.87. The molecule has 0 aliphatic carbocycles.